The molecular weight excluding hydrogens is 150 g/mol. The van der Waals surface area contributed by atoms with Crippen LogP contribution in [0.1, 0.15) is 25.7 Å². The van der Waals surface area contributed by atoms with Crippen LogP contribution in [-0.4, -0.2) is 31.1 Å². The van der Waals surface area contributed by atoms with E-state index in [2.05, 4.69) is 24.3 Å². The van der Waals surface area contributed by atoms with Crippen molar-refractivity contribution in [3.8, 4) is 6.19 Å². The Balaban J connectivity index is 2.54. The molecule has 0 amide bonds. The standard InChI is InChI=1S/C9H17N3/c1-12(2)9(7-11-8-10)5-3-4-6-9/h11H,3-7H2,1-2H3. The average molecular weight is 167 g/mol. The van der Waals surface area contributed by atoms with E-state index in [1.807, 2.05) is 6.19 Å². The molecule has 0 bridgehead atoms. The Kier molecular flexibility index (Phi) is 2.93. The maximum absolute atomic E-state index is 8.44. The van der Waals surface area contributed by atoms with Gasteiger partial charge in [0.05, 0.1) is 0 Å². The van der Waals surface area contributed by atoms with Crippen LogP contribution in [0.15, 0.2) is 0 Å². The van der Waals surface area contributed by atoms with E-state index >= 15 is 0 Å². The Labute approximate surface area is 74.4 Å². The van der Waals surface area contributed by atoms with Gasteiger partial charge in [-0.1, -0.05) is 12.8 Å². The van der Waals surface area contributed by atoms with Crippen LogP contribution >= 0.6 is 0 Å². The third-order valence-corrected chi connectivity index (χ3v) is 2.98. The van der Waals surface area contributed by atoms with Crippen LogP contribution in [0.5, 0.6) is 0 Å². The average Bonchev–Trinajstić information content (AvgIpc) is 2.50. The number of rotatable bonds is 3. The molecule has 3 heteroatoms. The van der Waals surface area contributed by atoms with Gasteiger partial charge >= 0.3 is 0 Å². The Morgan fingerprint density at radius 2 is 2.00 bits per heavy atom. The molecule has 0 unspecified atom stereocenters. The molecule has 1 aliphatic rings. The Bertz CT molecular complexity index is 175. The molecule has 0 saturated heterocycles. The lowest BCUT2D eigenvalue weighted by Crippen LogP contribution is -2.48. The summed E-state index contributed by atoms with van der Waals surface area (Å²) >= 11 is 0. The summed E-state index contributed by atoms with van der Waals surface area (Å²) in [6.07, 6.45) is 7.03. The highest BCUT2D eigenvalue weighted by molar-refractivity contribution is 4.95. The van der Waals surface area contributed by atoms with E-state index in [0.717, 1.165) is 6.54 Å². The van der Waals surface area contributed by atoms with Crippen molar-refractivity contribution in [2.24, 2.45) is 0 Å². The zero-order chi connectivity index (χ0) is 9.03. The molecule has 0 atom stereocenters. The van der Waals surface area contributed by atoms with Crippen molar-refractivity contribution in [1.29, 1.82) is 5.26 Å². The van der Waals surface area contributed by atoms with E-state index in [4.69, 9.17) is 5.26 Å². The fraction of sp³-hybridized carbons (Fsp3) is 0.889. The summed E-state index contributed by atoms with van der Waals surface area (Å²) in [5.41, 5.74) is 0.246. The Hall–Kier alpha value is -0.750. The Morgan fingerprint density at radius 1 is 1.42 bits per heavy atom. The van der Waals surface area contributed by atoms with Crippen LogP contribution in [0.3, 0.4) is 0 Å². The maximum Gasteiger partial charge on any atom is 0.176 e. The van der Waals surface area contributed by atoms with Gasteiger partial charge in [-0.3, -0.25) is 0 Å². The highest BCUT2D eigenvalue weighted by atomic mass is 15.2. The zero-order valence-electron chi connectivity index (χ0n) is 7.93. The van der Waals surface area contributed by atoms with Crippen molar-refractivity contribution in [1.82, 2.24) is 10.2 Å². The molecule has 0 aliphatic heterocycles. The minimum absolute atomic E-state index is 0.246. The number of nitriles is 1. The van der Waals surface area contributed by atoms with Gasteiger partial charge in [0.15, 0.2) is 6.19 Å². The number of nitrogens with one attached hydrogen (secondary N) is 1. The summed E-state index contributed by atoms with van der Waals surface area (Å²) in [4.78, 5) is 2.25. The summed E-state index contributed by atoms with van der Waals surface area (Å²) in [6, 6.07) is 0. The normalized spacial score (nSPS) is 20.8. The molecule has 1 N–H and O–H groups in total. The first-order valence-electron chi connectivity index (χ1n) is 4.51. The highest BCUT2D eigenvalue weighted by Gasteiger charge is 2.35. The summed E-state index contributed by atoms with van der Waals surface area (Å²) in [7, 11) is 4.20. The molecule has 1 fully saturated rings. The van der Waals surface area contributed by atoms with Crippen LogP contribution in [0.25, 0.3) is 0 Å². The van der Waals surface area contributed by atoms with Crippen LogP contribution in [0, 0.1) is 11.5 Å². The van der Waals surface area contributed by atoms with Gasteiger partial charge in [0, 0.05) is 12.1 Å². The van der Waals surface area contributed by atoms with Crippen molar-refractivity contribution in [3.63, 3.8) is 0 Å². The lowest BCUT2D eigenvalue weighted by Gasteiger charge is -2.35. The topological polar surface area (TPSA) is 39.1 Å². The quantitative estimate of drug-likeness (QED) is 0.502. The largest absolute Gasteiger partial charge is 0.322 e. The highest BCUT2D eigenvalue weighted by Crippen LogP contribution is 2.32. The summed E-state index contributed by atoms with van der Waals surface area (Å²) in [5.74, 6) is 0. The van der Waals surface area contributed by atoms with E-state index in [9.17, 15) is 0 Å². The monoisotopic (exact) mass is 167 g/mol. The predicted molar refractivity (Wildman–Crippen MR) is 48.5 cm³/mol. The molecule has 68 valence electrons. The molecule has 12 heavy (non-hydrogen) atoms. The van der Waals surface area contributed by atoms with Crippen molar-refractivity contribution >= 4 is 0 Å². The number of likely N-dealkylation sites (N-methyl/N-ethyl adjacent to an activating group) is 1. The molecular formula is C9H17N3. The van der Waals surface area contributed by atoms with Crippen molar-refractivity contribution in [3.05, 3.63) is 0 Å². The van der Waals surface area contributed by atoms with Gasteiger partial charge in [-0.25, -0.2) is 0 Å². The second kappa shape index (κ2) is 3.77. The second-order valence-electron chi connectivity index (χ2n) is 3.79. The van der Waals surface area contributed by atoms with Gasteiger partial charge in [0.25, 0.3) is 0 Å². The zero-order valence-corrected chi connectivity index (χ0v) is 7.93. The van der Waals surface area contributed by atoms with Gasteiger partial charge in [0.2, 0.25) is 0 Å². The first-order valence-corrected chi connectivity index (χ1v) is 4.51. The van der Waals surface area contributed by atoms with E-state index in [1.54, 1.807) is 0 Å². The molecule has 0 heterocycles. The molecule has 0 radical (unpaired) electrons. The molecule has 0 aromatic rings. The molecule has 0 aromatic heterocycles. The molecule has 0 aromatic carbocycles. The molecule has 1 rings (SSSR count). The van der Waals surface area contributed by atoms with Crippen LogP contribution in [-0.2, 0) is 0 Å². The minimum Gasteiger partial charge on any atom is -0.322 e. The van der Waals surface area contributed by atoms with Gasteiger partial charge in [-0.15, -0.1) is 0 Å². The molecule has 3 nitrogen and oxygen atoms in total. The number of nitrogens with zero attached hydrogens (tertiary/aromatic N) is 2. The Morgan fingerprint density at radius 3 is 2.42 bits per heavy atom. The smallest absolute Gasteiger partial charge is 0.176 e. The lowest BCUT2D eigenvalue weighted by atomic mass is 9.96. The fourth-order valence-electron chi connectivity index (χ4n) is 2.02. The molecule has 1 aliphatic carbocycles. The van der Waals surface area contributed by atoms with Crippen LogP contribution in [0.4, 0.5) is 0 Å². The first kappa shape index (κ1) is 9.34. The third-order valence-electron chi connectivity index (χ3n) is 2.98. The van der Waals surface area contributed by atoms with Gasteiger partial charge in [0.1, 0.15) is 0 Å². The first-order chi connectivity index (χ1) is 5.71. The van der Waals surface area contributed by atoms with Gasteiger partial charge in [-0.2, -0.15) is 5.26 Å². The van der Waals surface area contributed by atoms with Crippen molar-refractivity contribution in [2.75, 3.05) is 20.6 Å². The summed E-state index contributed by atoms with van der Waals surface area (Å²) in [5, 5.41) is 11.2. The number of hydrogen-bond acceptors (Lipinski definition) is 3. The summed E-state index contributed by atoms with van der Waals surface area (Å²) in [6.45, 7) is 0.802. The van der Waals surface area contributed by atoms with E-state index in [-0.39, 0.29) is 5.54 Å². The SMILES string of the molecule is CN(C)C1(CNC#N)CCCC1. The van der Waals surface area contributed by atoms with Crippen LogP contribution < -0.4 is 5.32 Å². The van der Waals surface area contributed by atoms with Gasteiger partial charge < -0.3 is 10.2 Å². The van der Waals surface area contributed by atoms with Gasteiger partial charge in [-0.05, 0) is 26.9 Å². The number of hydrogen-bond donors (Lipinski definition) is 1. The van der Waals surface area contributed by atoms with E-state index in [0.29, 0.717) is 0 Å². The predicted octanol–water partition coefficient (Wildman–Crippen LogP) is 0.931. The third kappa shape index (κ3) is 1.70. The van der Waals surface area contributed by atoms with Crippen molar-refractivity contribution < 1.29 is 0 Å². The minimum atomic E-state index is 0.246. The summed E-state index contributed by atoms with van der Waals surface area (Å²) < 4.78 is 0. The fourth-order valence-corrected chi connectivity index (χ4v) is 2.02. The molecule has 0 spiro atoms. The second-order valence-corrected chi connectivity index (χ2v) is 3.79. The van der Waals surface area contributed by atoms with Crippen molar-refractivity contribution in [2.45, 2.75) is 31.2 Å². The molecule has 1 saturated carbocycles. The van der Waals surface area contributed by atoms with E-state index < -0.39 is 0 Å². The maximum atomic E-state index is 8.44. The lowest BCUT2D eigenvalue weighted by molar-refractivity contribution is 0.160. The van der Waals surface area contributed by atoms with E-state index in [1.165, 1.54) is 25.7 Å². The van der Waals surface area contributed by atoms with Crippen LogP contribution in [0.2, 0.25) is 0 Å².